The monoisotopic (exact) mass is 524 g/mol. The third-order valence-electron chi connectivity index (χ3n) is 6.25. The van der Waals surface area contributed by atoms with Gasteiger partial charge in [0.1, 0.15) is 10.6 Å². The highest BCUT2D eigenvalue weighted by Crippen LogP contribution is 2.42. The lowest BCUT2D eigenvalue weighted by molar-refractivity contribution is 0.100. The van der Waals surface area contributed by atoms with E-state index in [1.807, 2.05) is 42.5 Å². The average molecular weight is 525 g/mol. The number of nitrogens with zero attached hydrogens (tertiary/aromatic N) is 2. The van der Waals surface area contributed by atoms with E-state index in [-0.39, 0.29) is 16.2 Å². The second kappa shape index (κ2) is 11.7. The van der Waals surface area contributed by atoms with Crippen LogP contribution in [0.15, 0.2) is 87.4 Å². The van der Waals surface area contributed by atoms with Gasteiger partial charge in [-0.15, -0.1) is 0 Å². The van der Waals surface area contributed by atoms with Crippen molar-refractivity contribution in [3.63, 3.8) is 0 Å². The fourth-order valence-corrected chi connectivity index (χ4v) is 5.13. The number of primary amides is 1. The Balaban J connectivity index is 1.72. The SMILES string of the molecule is CCCCc1[nH]c(=O)c(Sc2ccc(-c3ccccc3C(N)=O)cc2)c(O)c1N(C)c1cccc(C#N)c1. The molecule has 1 amide bonds. The minimum atomic E-state index is -0.504. The van der Waals surface area contributed by atoms with Crippen LogP contribution < -0.4 is 16.2 Å². The molecule has 3 aromatic carbocycles. The molecule has 0 spiro atoms. The van der Waals surface area contributed by atoms with E-state index in [0.717, 1.165) is 46.3 Å². The van der Waals surface area contributed by atoms with Gasteiger partial charge in [0.05, 0.1) is 11.6 Å². The number of H-pyrrole nitrogens is 1. The molecule has 192 valence electrons. The van der Waals surface area contributed by atoms with Gasteiger partial charge in [0, 0.05) is 28.9 Å². The summed E-state index contributed by atoms with van der Waals surface area (Å²) in [5.41, 5.74) is 9.49. The van der Waals surface area contributed by atoms with Crippen LogP contribution in [0.1, 0.15) is 41.4 Å². The van der Waals surface area contributed by atoms with Crippen molar-refractivity contribution in [3.05, 3.63) is 100.0 Å². The van der Waals surface area contributed by atoms with Crippen LogP contribution in [0.3, 0.4) is 0 Å². The molecule has 0 atom stereocenters. The first kappa shape index (κ1) is 26.6. The summed E-state index contributed by atoms with van der Waals surface area (Å²) in [4.78, 5) is 30.6. The van der Waals surface area contributed by atoms with Crippen molar-refractivity contribution in [1.82, 2.24) is 4.98 Å². The summed E-state index contributed by atoms with van der Waals surface area (Å²) in [5, 5.41) is 20.7. The predicted octanol–water partition coefficient (Wildman–Crippen LogP) is 5.98. The van der Waals surface area contributed by atoms with Crippen LogP contribution in [-0.2, 0) is 6.42 Å². The molecule has 0 radical (unpaired) electrons. The lowest BCUT2D eigenvalue weighted by atomic mass is 9.99. The van der Waals surface area contributed by atoms with Gasteiger partial charge in [0.2, 0.25) is 5.91 Å². The molecule has 38 heavy (non-hydrogen) atoms. The number of benzene rings is 3. The van der Waals surface area contributed by atoms with E-state index in [1.54, 1.807) is 42.3 Å². The van der Waals surface area contributed by atoms with Gasteiger partial charge in [-0.25, -0.2) is 0 Å². The first-order valence-corrected chi connectivity index (χ1v) is 13.0. The molecule has 1 aromatic heterocycles. The molecular weight excluding hydrogens is 496 g/mol. The van der Waals surface area contributed by atoms with Crippen LogP contribution in [-0.4, -0.2) is 23.0 Å². The molecule has 1 heterocycles. The number of amides is 1. The average Bonchev–Trinajstić information content (AvgIpc) is 2.94. The summed E-state index contributed by atoms with van der Waals surface area (Å²) < 4.78 is 0. The van der Waals surface area contributed by atoms with Gasteiger partial charge in [-0.2, -0.15) is 5.26 Å². The zero-order chi connectivity index (χ0) is 27.2. The summed E-state index contributed by atoms with van der Waals surface area (Å²) in [6.07, 6.45) is 2.36. The Kier molecular flexibility index (Phi) is 8.19. The standard InChI is InChI=1S/C30H28N4O3S/c1-3-4-12-25-26(34(2)21-9-7-8-19(17-21)18-31)27(35)28(30(37)33-25)38-22-15-13-20(14-16-22)23-10-5-6-11-24(23)29(32)36/h5-11,13-17H,3-4,12H2,1-2H3,(H2,32,36)(H2,33,35,37). The number of pyridine rings is 1. The Hall–Kier alpha value is -4.48. The molecular formula is C30H28N4O3S. The van der Waals surface area contributed by atoms with E-state index in [4.69, 9.17) is 5.73 Å². The van der Waals surface area contributed by atoms with Gasteiger partial charge in [0.15, 0.2) is 5.75 Å². The lowest BCUT2D eigenvalue weighted by Crippen LogP contribution is -2.19. The highest BCUT2D eigenvalue weighted by Gasteiger charge is 2.22. The fraction of sp³-hybridized carbons (Fsp3) is 0.167. The molecule has 0 saturated heterocycles. The fourth-order valence-electron chi connectivity index (χ4n) is 4.28. The summed E-state index contributed by atoms with van der Waals surface area (Å²) in [6.45, 7) is 2.06. The van der Waals surface area contributed by atoms with Crippen molar-refractivity contribution in [1.29, 1.82) is 5.26 Å². The van der Waals surface area contributed by atoms with Crippen molar-refractivity contribution in [2.75, 3.05) is 11.9 Å². The van der Waals surface area contributed by atoms with Gasteiger partial charge in [-0.1, -0.05) is 61.5 Å². The van der Waals surface area contributed by atoms with E-state index in [9.17, 15) is 20.0 Å². The van der Waals surface area contributed by atoms with Crippen LogP contribution >= 0.6 is 11.8 Å². The van der Waals surface area contributed by atoms with E-state index in [1.165, 1.54) is 0 Å². The number of aromatic amines is 1. The number of rotatable bonds is 9. The number of aromatic nitrogens is 1. The molecule has 0 bridgehead atoms. The highest BCUT2D eigenvalue weighted by molar-refractivity contribution is 7.99. The normalized spacial score (nSPS) is 10.7. The minimum absolute atomic E-state index is 0.113. The Labute approximate surface area is 225 Å². The summed E-state index contributed by atoms with van der Waals surface area (Å²) >= 11 is 1.16. The number of nitrogens with two attached hydrogens (primary N) is 1. The van der Waals surface area contributed by atoms with Crippen LogP contribution in [0.25, 0.3) is 11.1 Å². The Morgan fingerprint density at radius 1 is 1.11 bits per heavy atom. The van der Waals surface area contributed by atoms with Crippen LogP contribution in [0, 0.1) is 11.3 Å². The molecule has 0 aliphatic heterocycles. The van der Waals surface area contributed by atoms with Gasteiger partial charge in [0.25, 0.3) is 5.56 Å². The Morgan fingerprint density at radius 3 is 2.53 bits per heavy atom. The maximum Gasteiger partial charge on any atom is 0.266 e. The molecule has 7 nitrogen and oxygen atoms in total. The zero-order valence-corrected chi connectivity index (χ0v) is 22.0. The zero-order valence-electron chi connectivity index (χ0n) is 21.2. The number of nitrogens with one attached hydrogen (secondary N) is 1. The minimum Gasteiger partial charge on any atom is -0.504 e. The summed E-state index contributed by atoms with van der Waals surface area (Å²) in [5.74, 6) is -0.617. The van der Waals surface area contributed by atoms with Crippen molar-refractivity contribution in [2.45, 2.75) is 36.0 Å². The van der Waals surface area contributed by atoms with Gasteiger partial charge in [-0.05, 0) is 60.4 Å². The number of hydrogen-bond donors (Lipinski definition) is 3. The third-order valence-corrected chi connectivity index (χ3v) is 7.34. The van der Waals surface area contributed by atoms with Crippen LogP contribution in [0.2, 0.25) is 0 Å². The van der Waals surface area contributed by atoms with E-state index in [0.29, 0.717) is 28.9 Å². The van der Waals surface area contributed by atoms with E-state index < -0.39 is 5.91 Å². The molecule has 0 fully saturated rings. The third kappa shape index (κ3) is 5.58. The molecule has 4 N–H and O–H groups in total. The lowest BCUT2D eigenvalue weighted by Gasteiger charge is -2.24. The number of unbranched alkanes of at least 4 members (excludes halogenated alkanes) is 1. The maximum absolute atomic E-state index is 13.1. The molecule has 0 aliphatic rings. The Bertz CT molecular complexity index is 1570. The second-order valence-corrected chi connectivity index (χ2v) is 9.90. The van der Waals surface area contributed by atoms with E-state index in [2.05, 4.69) is 18.0 Å². The molecule has 4 rings (SSSR count). The number of carbonyl (C=O) groups is 1. The first-order valence-electron chi connectivity index (χ1n) is 12.2. The summed E-state index contributed by atoms with van der Waals surface area (Å²) in [6, 6.07) is 23.7. The number of aryl methyl sites for hydroxylation is 1. The van der Waals surface area contributed by atoms with Crippen molar-refractivity contribution < 1.29 is 9.90 Å². The van der Waals surface area contributed by atoms with Crippen molar-refractivity contribution >= 4 is 29.0 Å². The van der Waals surface area contributed by atoms with Crippen molar-refractivity contribution in [2.24, 2.45) is 5.73 Å². The second-order valence-electron chi connectivity index (χ2n) is 8.82. The first-order chi connectivity index (χ1) is 18.3. The molecule has 0 aliphatic carbocycles. The number of nitriles is 1. The van der Waals surface area contributed by atoms with E-state index >= 15 is 0 Å². The molecule has 8 heteroatoms. The molecule has 0 saturated carbocycles. The van der Waals surface area contributed by atoms with Gasteiger partial charge in [-0.3, -0.25) is 9.59 Å². The van der Waals surface area contributed by atoms with Crippen molar-refractivity contribution in [3.8, 4) is 22.9 Å². The predicted molar refractivity (Wildman–Crippen MR) is 151 cm³/mol. The Morgan fingerprint density at radius 2 is 1.84 bits per heavy atom. The van der Waals surface area contributed by atoms with Crippen LogP contribution in [0.5, 0.6) is 5.75 Å². The number of carbonyl (C=O) groups excluding carboxylic acids is 1. The largest absolute Gasteiger partial charge is 0.504 e. The highest BCUT2D eigenvalue weighted by atomic mass is 32.2. The number of anilines is 2. The number of hydrogen-bond acceptors (Lipinski definition) is 6. The van der Waals surface area contributed by atoms with Gasteiger partial charge < -0.3 is 20.7 Å². The topological polar surface area (TPSA) is 123 Å². The number of aromatic hydroxyl groups is 1. The smallest absolute Gasteiger partial charge is 0.266 e. The quantitative estimate of drug-likeness (QED) is 0.247. The van der Waals surface area contributed by atoms with Crippen LogP contribution in [0.4, 0.5) is 11.4 Å². The molecule has 4 aromatic rings. The maximum atomic E-state index is 13.1. The summed E-state index contributed by atoms with van der Waals surface area (Å²) in [7, 11) is 1.80. The van der Waals surface area contributed by atoms with Gasteiger partial charge >= 0.3 is 0 Å². The molecule has 0 unspecified atom stereocenters.